The first-order valence-corrected chi connectivity index (χ1v) is 7.93. The van der Waals surface area contributed by atoms with E-state index in [0.29, 0.717) is 18.4 Å². The standard InChI is InChI=1S/C16H33N3O/c1-12(2)19-7-6-13(11-19)10-18-15(20)8-14(17)9-16(3,4)5/h12-14H,6-11,17H2,1-5H3,(H,18,20). The van der Waals surface area contributed by atoms with Gasteiger partial charge in [0.1, 0.15) is 0 Å². The second-order valence-corrected chi connectivity index (χ2v) is 7.78. The predicted octanol–water partition coefficient (Wildman–Crippen LogP) is 1.99. The Bertz CT molecular complexity index is 309. The predicted molar refractivity (Wildman–Crippen MR) is 84.5 cm³/mol. The zero-order valence-electron chi connectivity index (χ0n) is 13.9. The number of rotatable bonds is 6. The van der Waals surface area contributed by atoms with Crippen LogP contribution in [0.4, 0.5) is 0 Å². The van der Waals surface area contributed by atoms with Crippen molar-refractivity contribution < 1.29 is 4.79 Å². The molecule has 1 fully saturated rings. The number of carbonyl (C=O) groups is 1. The van der Waals surface area contributed by atoms with E-state index in [4.69, 9.17) is 5.73 Å². The van der Waals surface area contributed by atoms with Gasteiger partial charge in [0.25, 0.3) is 0 Å². The molecule has 0 aromatic carbocycles. The maximum atomic E-state index is 11.9. The molecule has 4 heteroatoms. The highest BCUT2D eigenvalue weighted by molar-refractivity contribution is 5.76. The number of hydrogen-bond donors (Lipinski definition) is 2. The molecular weight excluding hydrogens is 250 g/mol. The van der Waals surface area contributed by atoms with Crippen LogP contribution >= 0.6 is 0 Å². The summed E-state index contributed by atoms with van der Waals surface area (Å²) in [6.45, 7) is 14.0. The summed E-state index contributed by atoms with van der Waals surface area (Å²) in [5.74, 6) is 0.699. The fourth-order valence-electron chi connectivity index (χ4n) is 2.93. The molecule has 0 aromatic heterocycles. The first-order valence-electron chi connectivity index (χ1n) is 7.93. The minimum absolute atomic E-state index is 0.0364. The van der Waals surface area contributed by atoms with E-state index in [-0.39, 0.29) is 17.4 Å². The first kappa shape index (κ1) is 17.4. The second kappa shape index (κ2) is 7.41. The van der Waals surface area contributed by atoms with E-state index in [9.17, 15) is 4.79 Å². The van der Waals surface area contributed by atoms with Crippen molar-refractivity contribution in [3.63, 3.8) is 0 Å². The van der Waals surface area contributed by atoms with Crippen LogP contribution in [-0.2, 0) is 4.79 Å². The second-order valence-electron chi connectivity index (χ2n) is 7.78. The summed E-state index contributed by atoms with van der Waals surface area (Å²) in [4.78, 5) is 14.4. The van der Waals surface area contributed by atoms with Gasteiger partial charge in [0.05, 0.1) is 0 Å². The lowest BCUT2D eigenvalue weighted by Crippen LogP contribution is -2.37. The van der Waals surface area contributed by atoms with Crippen LogP contribution in [0.3, 0.4) is 0 Å². The van der Waals surface area contributed by atoms with Gasteiger partial charge in [0.2, 0.25) is 5.91 Å². The van der Waals surface area contributed by atoms with Crippen LogP contribution < -0.4 is 11.1 Å². The maximum Gasteiger partial charge on any atom is 0.221 e. The number of nitrogens with two attached hydrogens (primary N) is 1. The SMILES string of the molecule is CC(C)N1CCC(CNC(=O)CC(N)CC(C)(C)C)C1. The van der Waals surface area contributed by atoms with Gasteiger partial charge in [0, 0.05) is 31.6 Å². The molecule has 4 nitrogen and oxygen atoms in total. The molecule has 2 unspecified atom stereocenters. The summed E-state index contributed by atoms with van der Waals surface area (Å²) in [6, 6.07) is 0.571. The first-order chi connectivity index (χ1) is 9.17. The average Bonchev–Trinajstić information content (AvgIpc) is 2.72. The van der Waals surface area contributed by atoms with Crippen molar-refractivity contribution in [1.29, 1.82) is 0 Å². The zero-order valence-corrected chi connectivity index (χ0v) is 13.9. The normalized spacial score (nSPS) is 22.2. The van der Waals surface area contributed by atoms with Crippen molar-refractivity contribution >= 4 is 5.91 Å². The third kappa shape index (κ3) is 6.71. The van der Waals surface area contributed by atoms with Crippen LogP contribution in [0.1, 0.15) is 53.9 Å². The molecule has 0 spiro atoms. The molecule has 1 saturated heterocycles. The summed E-state index contributed by atoms with van der Waals surface area (Å²) >= 11 is 0. The summed E-state index contributed by atoms with van der Waals surface area (Å²) in [7, 11) is 0. The van der Waals surface area contributed by atoms with Gasteiger partial charge in [-0.2, -0.15) is 0 Å². The highest BCUT2D eigenvalue weighted by Crippen LogP contribution is 2.21. The molecule has 1 aliphatic rings. The molecule has 0 aromatic rings. The van der Waals surface area contributed by atoms with E-state index in [1.165, 1.54) is 6.42 Å². The molecule has 2 atom stereocenters. The highest BCUT2D eigenvalue weighted by Gasteiger charge is 2.24. The molecule has 20 heavy (non-hydrogen) atoms. The van der Waals surface area contributed by atoms with Crippen LogP contribution in [0, 0.1) is 11.3 Å². The quantitative estimate of drug-likeness (QED) is 0.784. The van der Waals surface area contributed by atoms with Crippen LogP contribution in [0.2, 0.25) is 0 Å². The molecule has 1 heterocycles. The Morgan fingerprint density at radius 3 is 2.55 bits per heavy atom. The van der Waals surface area contributed by atoms with E-state index in [0.717, 1.165) is 26.1 Å². The Morgan fingerprint density at radius 2 is 2.05 bits per heavy atom. The van der Waals surface area contributed by atoms with Gasteiger partial charge >= 0.3 is 0 Å². The summed E-state index contributed by atoms with van der Waals surface area (Å²) < 4.78 is 0. The van der Waals surface area contributed by atoms with Gasteiger partial charge in [-0.15, -0.1) is 0 Å². The number of hydrogen-bond acceptors (Lipinski definition) is 3. The van der Waals surface area contributed by atoms with Gasteiger partial charge in [-0.1, -0.05) is 20.8 Å². The van der Waals surface area contributed by atoms with Gasteiger partial charge in [-0.3, -0.25) is 4.79 Å². The summed E-state index contributed by atoms with van der Waals surface area (Å²) in [5.41, 5.74) is 6.22. The lowest BCUT2D eigenvalue weighted by molar-refractivity contribution is -0.121. The van der Waals surface area contributed by atoms with Gasteiger partial charge in [-0.25, -0.2) is 0 Å². The van der Waals surface area contributed by atoms with Gasteiger partial charge in [-0.05, 0) is 44.6 Å². The Balaban J connectivity index is 2.21. The Labute approximate surface area is 124 Å². The van der Waals surface area contributed by atoms with E-state index in [1.54, 1.807) is 0 Å². The minimum Gasteiger partial charge on any atom is -0.356 e. The highest BCUT2D eigenvalue weighted by atomic mass is 16.1. The van der Waals surface area contributed by atoms with E-state index >= 15 is 0 Å². The monoisotopic (exact) mass is 283 g/mol. The zero-order chi connectivity index (χ0) is 15.3. The molecule has 0 aliphatic carbocycles. The third-order valence-electron chi connectivity index (χ3n) is 3.96. The van der Waals surface area contributed by atoms with Crippen molar-refractivity contribution in [3.8, 4) is 0 Å². The van der Waals surface area contributed by atoms with Crippen LogP contribution in [0.5, 0.6) is 0 Å². The van der Waals surface area contributed by atoms with Crippen LogP contribution in [0.25, 0.3) is 0 Å². The van der Waals surface area contributed by atoms with Crippen LogP contribution in [-0.4, -0.2) is 42.5 Å². The smallest absolute Gasteiger partial charge is 0.221 e. The lowest BCUT2D eigenvalue weighted by Gasteiger charge is -2.23. The van der Waals surface area contributed by atoms with E-state index < -0.39 is 0 Å². The topological polar surface area (TPSA) is 58.4 Å². The minimum atomic E-state index is -0.0364. The Hall–Kier alpha value is -0.610. The summed E-state index contributed by atoms with van der Waals surface area (Å²) in [5, 5.41) is 3.06. The third-order valence-corrected chi connectivity index (χ3v) is 3.96. The Kier molecular flexibility index (Phi) is 6.46. The molecule has 0 saturated carbocycles. The van der Waals surface area contributed by atoms with Crippen molar-refractivity contribution in [2.24, 2.45) is 17.1 Å². The van der Waals surface area contributed by atoms with E-state index in [1.807, 2.05) is 0 Å². The Morgan fingerprint density at radius 1 is 1.40 bits per heavy atom. The number of carbonyl (C=O) groups excluding carboxylic acids is 1. The lowest BCUT2D eigenvalue weighted by atomic mass is 9.87. The summed E-state index contributed by atoms with van der Waals surface area (Å²) in [6.07, 6.45) is 2.51. The molecule has 0 radical (unpaired) electrons. The molecular formula is C16H33N3O. The molecule has 3 N–H and O–H groups in total. The molecule has 118 valence electrons. The maximum absolute atomic E-state index is 11.9. The van der Waals surface area contributed by atoms with Gasteiger partial charge < -0.3 is 16.0 Å². The van der Waals surface area contributed by atoms with E-state index in [2.05, 4.69) is 44.8 Å². The molecule has 1 aliphatic heterocycles. The molecule has 1 rings (SSSR count). The fraction of sp³-hybridized carbons (Fsp3) is 0.938. The molecule has 1 amide bonds. The van der Waals surface area contributed by atoms with Crippen molar-refractivity contribution in [2.45, 2.75) is 66.0 Å². The largest absolute Gasteiger partial charge is 0.356 e. The fourth-order valence-corrected chi connectivity index (χ4v) is 2.93. The number of likely N-dealkylation sites (tertiary alicyclic amines) is 1. The van der Waals surface area contributed by atoms with Crippen molar-refractivity contribution in [3.05, 3.63) is 0 Å². The van der Waals surface area contributed by atoms with Crippen LogP contribution in [0.15, 0.2) is 0 Å². The van der Waals surface area contributed by atoms with Crippen molar-refractivity contribution in [1.82, 2.24) is 10.2 Å². The average molecular weight is 283 g/mol. The van der Waals surface area contributed by atoms with Crippen molar-refractivity contribution in [2.75, 3.05) is 19.6 Å². The number of nitrogens with zero attached hydrogens (tertiary/aromatic N) is 1. The number of nitrogens with one attached hydrogen (secondary N) is 1. The molecule has 0 bridgehead atoms. The number of amides is 1. The van der Waals surface area contributed by atoms with Gasteiger partial charge in [0.15, 0.2) is 0 Å².